The molecular formula is C12H16N2O3. The molecule has 1 N–H and O–H groups in total. The summed E-state index contributed by atoms with van der Waals surface area (Å²) >= 11 is 0. The van der Waals surface area contributed by atoms with Crippen molar-refractivity contribution >= 4 is 11.9 Å². The highest BCUT2D eigenvalue weighted by Gasteiger charge is 2.20. The number of pyridine rings is 1. The fourth-order valence-electron chi connectivity index (χ4n) is 1.47. The van der Waals surface area contributed by atoms with Crippen LogP contribution in [0.5, 0.6) is 0 Å². The topological polar surface area (TPSA) is 70.5 Å². The van der Waals surface area contributed by atoms with Crippen LogP contribution in [0.3, 0.4) is 0 Å². The third-order valence-electron chi connectivity index (χ3n) is 2.08. The molecule has 5 heteroatoms. The smallest absolute Gasteiger partial charge is 0.323 e. The van der Waals surface area contributed by atoms with Gasteiger partial charge in [-0.2, -0.15) is 0 Å². The number of carbonyl (C=O) groups is 2. The van der Waals surface area contributed by atoms with Crippen molar-refractivity contribution in [3.63, 3.8) is 0 Å². The zero-order valence-corrected chi connectivity index (χ0v) is 9.96. The molecule has 0 atom stereocenters. The van der Waals surface area contributed by atoms with E-state index in [0.717, 1.165) is 0 Å². The number of amides is 1. The lowest BCUT2D eigenvalue weighted by atomic mass is 10.2. The molecule has 5 nitrogen and oxygen atoms in total. The second-order valence-electron chi connectivity index (χ2n) is 4.19. The van der Waals surface area contributed by atoms with Gasteiger partial charge < -0.3 is 10.0 Å². The van der Waals surface area contributed by atoms with Crippen LogP contribution in [0.4, 0.5) is 0 Å². The van der Waals surface area contributed by atoms with Crippen molar-refractivity contribution < 1.29 is 14.7 Å². The number of carboxylic acids is 1. The van der Waals surface area contributed by atoms with E-state index < -0.39 is 5.97 Å². The first-order chi connectivity index (χ1) is 8.00. The van der Waals surface area contributed by atoms with Gasteiger partial charge in [-0.25, -0.2) is 0 Å². The molecule has 0 radical (unpaired) electrons. The Bertz CT molecular complexity index is 390. The van der Waals surface area contributed by atoms with E-state index in [1.165, 1.54) is 11.1 Å². The Morgan fingerprint density at radius 1 is 1.41 bits per heavy atom. The van der Waals surface area contributed by atoms with Gasteiger partial charge in [-0.15, -0.1) is 0 Å². The summed E-state index contributed by atoms with van der Waals surface area (Å²) < 4.78 is 0. The Morgan fingerprint density at radius 2 is 2.12 bits per heavy atom. The standard InChI is InChI=1S/C12H16N2O3/c1-9(2)7-14(8-11(15)16)12(17)10-5-3-4-6-13-10/h3-6,9H,7-8H2,1-2H3,(H,15,16). The van der Waals surface area contributed by atoms with Crippen LogP contribution >= 0.6 is 0 Å². The molecule has 0 bridgehead atoms. The fraction of sp³-hybridized carbons (Fsp3) is 0.417. The summed E-state index contributed by atoms with van der Waals surface area (Å²) in [6, 6.07) is 4.99. The van der Waals surface area contributed by atoms with Crippen LogP contribution in [-0.4, -0.2) is 40.0 Å². The molecule has 1 aromatic heterocycles. The number of carbonyl (C=O) groups excluding carboxylic acids is 1. The highest BCUT2D eigenvalue weighted by atomic mass is 16.4. The average Bonchev–Trinajstić information content (AvgIpc) is 2.27. The molecular weight excluding hydrogens is 220 g/mol. The molecule has 0 saturated heterocycles. The molecule has 0 saturated carbocycles. The fourth-order valence-corrected chi connectivity index (χ4v) is 1.47. The summed E-state index contributed by atoms with van der Waals surface area (Å²) in [6.45, 7) is 3.97. The van der Waals surface area contributed by atoms with Crippen LogP contribution in [0.25, 0.3) is 0 Å². The molecule has 0 aliphatic rings. The Morgan fingerprint density at radius 3 is 2.59 bits per heavy atom. The van der Waals surface area contributed by atoms with Crippen molar-refractivity contribution in [2.45, 2.75) is 13.8 Å². The summed E-state index contributed by atoms with van der Waals surface area (Å²) in [5.41, 5.74) is 0.273. The molecule has 0 unspecified atom stereocenters. The molecule has 17 heavy (non-hydrogen) atoms. The summed E-state index contributed by atoms with van der Waals surface area (Å²) in [6.07, 6.45) is 1.52. The van der Waals surface area contributed by atoms with E-state index in [9.17, 15) is 9.59 Å². The van der Waals surface area contributed by atoms with Crippen LogP contribution in [0.15, 0.2) is 24.4 Å². The lowest BCUT2D eigenvalue weighted by molar-refractivity contribution is -0.137. The third-order valence-corrected chi connectivity index (χ3v) is 2.08. The average molecular weight is 236 g/mol. The monoisotopic (exact) mass is 236 g/mol. The molecule has 1 rings (SSSR count). The summed E-state index contributed by atoms with van der Waals surface area (Å²) in [7, 11) is 0. The predicted molar refractivity (Wildman–Crippen MR) is 62.6 cm³/mol. The second-order valence-corrected chi connectivity index (χ2v) is 4.19. The first-order valence-electron chi connectivity index (χ1n) is 5.42. The van der Waals surface area contributed by atoms with Crippen molar-refractivity contribution in [1.82, 2.24) is 9.88 Å². The van der Waals surface area contributed by atoms with Gasteiger partial charge in [0.15, 0.2) is 0 Å². The molecule has 92 valence electrons. The molecule has 0 aromatic carbocycles. The maximum absolute atomic E-state index is 12.0. The van der Waals surface area contributed by atoms with Crippen molar-refractivity contribution in [1.29, 1.82) is 0 Å². The van der Waals surface area contributed by atoms with E-state index in [2.05, 4.69) is 4.98 Å². The van der Waals surface area contributed by atoms with Crippen LogP contribution in [0.1, 0.15) is 24.3 Å². The lowest BCUT2D eigenvalue weighted by Crippen LogP contribution is -2.38. The maximum atomic E-state index is 12.0. The zero-order valence-electron chi connectivity index (χ0n) is 9.96. The van der Waals surface area contributed by atoms with E-state index in [0.29, 0.717) is 6.54 Å². The quantitative estimate of drug-likeness (QED) is 0.835. The lowest BCUT2D eigenvalue weighted by Gasteiger charge is -2.22. The highest BCUT2D eigenvalue weighted by molar-refractivity contribution is 5.94. The Hall–Kier alpha value is -1.91. The maximum Gasteiger partial charge on any atom is 0.323 e. The molecule has 0 aliphatic carbocycles. The number of aliphatic carboxylic acids is 1. The minimum absolute atomic E-state index is 0.210. The van der Waals surface area contributed by atoms with Gasteiger partial charge in [-0.3, -0.25) is 14.6 Å². The number of hydrogen-bond donors (Lipinski definition) is 1. The minimum atomic E-state index is -1.02. The molecule has 0 aliphatic heterocycles. The van der Waals surface area contributed by atoms with Gasteiger partial charge in [0.25, 0.3) is 5.91 Å². The van der Waals surface area contributed by atoms with Crippen molar-refractivity contribution in [3.05, 3.63) is 30.1 Å². The second kappa shape index (κ2) is 5.98. The largest absolute Gasteiger partial charge is 0.480 e. The van der Waals surface area contributed by atoms with Gasteiger partial charge in [0.2, 0.25) is 0 Å². The number of aromatic nitrogens is 1. The van der Waals surface area contributed by atoms with Crippen molar-refractivity contribution in [2.24, 2.45) is 5.92 Å². The third kappa shape index (κ3) is 4.22. The van der Waals surface area contributed by atoms with Gasteiger partial charge in [0.05, 0.1) is 0 Å². The number of nitrogens with zero attached hydrogens (tertiary/aromatic N) is 2. The SMILES string of the molecule is CC(C)CN(CC(=O)O)C(=O)c1ccccn1. The summed E-state index contributed by atoms with van der Waals surface area (Å²) in [5, 5.41) is 8.78. The number of rotatable bonds is 5. The summed E-state index contributed by atoms with van der Waals surface area (Å²) in [4.78, 5) is 28.0. The van der Waals surface area contributed by atoms with Crippen LogP contribution < -0.4 is 0 Å². The molecule has 0 spiro atoms. The van der Waals surface area contributed by atoms with Gasteiger partial charge in [-0.05, 0) is 18.1 Å². The van der Waals surface area contributed by atoms with Crippen LogP contribution in [-0.2, 0) is 4.79 Å². The Kier molecular flexibility index (Phi) is 4.63. The van der Waals surface area contributed by atoms with E-state index in [1.54, 1.807) is 18.2 Å². The van der Waals surface area contributed by atoms with Crippen LogP contribution in [0.2, 0.25) is 0 Å². The van der Waals surface area contributed by atoms with Gasteiger partial charge >= 0.3 is 5.97 Å². The Labute approximate surface area is 100 Å². The minimum Gasteiger partial charge on any atom is -0.480 e. The molecule has 1 amide bonds. The molecule has 1 aromatic rings. The van der Waals surface area contributed by atoms with Crippen molar-refractivity contribution in [2.75, 3.05) is 13.1 Å². The van der Waals surface area contributed by atoms with E-state index >= 15 is 0 Å². The van der Waals surface area contributed by atoms with Gasteiger partial charge in [-0.1, -0.05) is 19.9 Å². The Balaban J connectivity index is 2.82. The zero-order chi connectivity index (χ0) is 12.8. The predicted octanol–water partition coefficient (Wildman–Crippen LogP) is 1.26. The van der Waals surface area contributed by atoms with Gasteiger partial charge in [0, 0.05) is 12.7 Å². The first kappa shape index (κ1) is 13.2. The van der Waals surface area contributed by atoms with Crippen molar-refractivity contribution in [3.8, 4) is 0 Å². The highest BCUT2D eigenvalue weighted by Crippen LogP contribution is 2.05. The van der Waals surface area contributed by atoms with Crippen LogP contribution in [0, 0.1) is 5.92 Å². The first-order valence-corrected chi connectivity index (χ1v) is 5.42. The van der Waals surface area contributed by atoms with Gasteiger partial charge in [0.1, 0.15) is 12.2 Å². The van der Waals surface area contributed by atoms with E-state index in [4.69, 9.17) is 5.11 Å². The summed E-state index contributed by atoms with van der Waals surface area (Å²) in [5.74, 6) is -1.15. The number of carboxylic acid groups (broad SMARTS) is 1. The van der Waals surface area contributed by atoms with E-state index in [1.807, 2.05) is 13.8 Å². The van der Waals surface area contributed by atoms with E-state index in [-0.39, 0.29) is 24.1 Å². The molecule has 0 fully saturated rings. The molecule has 1 heterocycles. The normalized spacial score (nSPS) is 10.3. The number of hydrogen-bond acceptors (Lipinski definition) is 3.